The Balaban J connectivity index is 2.00. The number of aryl methyl sites for hydroxylation is 1. The summed E-state index contributed by atoms with van der Waals surface area (Å²) in [6.45, 7) is 2.06. The normalized spacial score (nSPS) is 14.6. The fraction of sp³-hybridized carbons (Fsp3) is 0.375. The molecule has 0 saturated carbocycles. The number of hydrogen-bond acceptors (Lipinski definition) is 2. The van der Waals surface area contributed by atoms with Crippen molar-refractivity contribution in [1.29, 1.82) is 0 Å². The SMILES string of the molecule is Cc1ccc(Cn2nc(C(F)(F)F)c3c2CN(C(=O)O)CC3)cc1. The van der Waals surface area contributed by atoms with Gasteiger partial charge in [0, 0.05) is 12.1 Å². The predicted molar refractivity (Wildman–Crippen MR) is 79.6 cm³/mol. The van der Waals surface area contributed by atoms with Gasteiger partial charge in [-0.2, -0.15) is 18.3 Å². The van der Waals surface area contributed by atoms with Crippen molar-refractivity contribution in [3.8, 4) is 0 Å². The lowest BCUT2D eigenvalue weighted by Crippen LogP contribution is -2.36. The van der Waals surface area contributed by atoms with E-state index in [-0.39, 0.29) is 31.6 Å². The number of fused-ring (bicyclic) bond motifs is 1. The van der Waals surface area contributed by atoms with E-state index in [0.717, 1.165) is 16.0 Å². The van der Waals surface area contributed by atoms with Crippen molar-refractivity contribution in [3.05, 3.63) is 52.3 Å². The second kappa shape index (κ2) is 5.85. The summed E-state index contributed by atoms with van der Waals surface area (Å²) in [4.78, 5) is 12.3. The van der Waals surface area contributed by atoms with Gasteiger partial charge in [0.05, 0.1) is 18.8 Å². The Morgan fingerprint density at radius 2 is 1.96 bits per heavy atom. The van der Waals surface area contributed by atoms with E-state index in [1.807, 2.05) is 31.2 Å². The maximum absolute atomic E-state index is 13.2. The molecule has 0 aliphatic carbocycles. The molecule has 1 N–H and O–H groups in total. The van der Waals surface area contributed by atoms with Crippen molar-refractivity contribution in [2.75, 3.05) is 6.54 Å². The zero-order chi connectivity index (χ0) is 17.5. The molecule has 3 rings (SSSR count). The van der Waals surface area contributed by atoms with E-state index < -0.39 is 18.0 Å². The lowest BCUT2D eigenvalue weighted by molar-refractivity contribution is -0.142. The van der Waals surface area contributed by atoms with Crippen LogP contribution >= 0.6 is 0 Å². The Morgan fingerprint density at radius 1 is 1.29 bits per heavy atom. The quantitative estimate of drug-likeness (QED) is 0.913. The molecule has 0 unspecified atom stereocenters. The van der Waals surface area contributed by atoms with Crippen LogP contribution in [0.1, 0.15) is 28.1 Å². The third kappa shape index (κ3) is 3.08. The Hall–Kier alpha value is -2.51. The summed E-state index contributed by atoms with van der Waals surface area (Å²) >= 11 is 0. The van der Waals surface area contributed by atoms with Gasteiger partial charge < -0.3 is 10.0 Å². The van der Waals surface area contributed by atoms with Crippen molar-refractivity contribution < 1.29 is 23.1 Å². The first kappa shape index (κ1) is 16.4. The van der Waals surface area contributed by atoms with Gasteiger partial charge in [-0.3, -0.25) is 4.68 Å². The van der Waals surface area contributed by atoms with E-state index in [2.05, 4.69) is 5.10 Å². The van der Waals surface area contributed by atoms with Crippen LogP contribution in [0.5, 0.6) is 0 Å². The standard InChI is InChI=1S/C16H16F3N3O2/c1-10-2-4-11(5-3-10)8-22-13-9-21(15(23)24)7-6-12(13)14(20-22)16(17,18)19/h2-5H,6-9H2,1H3,(H,23,24). The molecule has 0 atom stereocenters. The number of carboxylic acid groups (broad SMARTS) is 1. The lowest BCUT2D eigenvalue weighted by Gasteiger charge is -2.25. The molecule has 0 fully saturated rings. The summed E-state index contributed by atoms with van der Waals surface area (Å²) < 4.78 is 41.0. The molecule has 1 aliphatic rings. The van der Waals surface area contributed by atoms with Crippen molar-refractivity contribution in [1.82, 2.24) is 14.7 Å². The predicted octanol–water partition coefficient (Wildman–Crippen LogP) is 3.29. The van der Waals surface area contributed by atoms with Crippen LogP contribution in [-0.4, -0.2) is 32.4 Å². The summed E-state index contributed by atoms with van der Waals surface area (Å²) in [5, 5.41) is 12.9. The molecular formula is C16H16F3N3O2. The Kier molecular flexibility index (Phi) is 3.98. The van der Waals surface area contributed by atoms with Gasteiger partial charge in [0.15, 0.2) is 5.69 Å². The lowest BCUT2D eigenvalue weighted by atomic mass is 10.0. The summed E-state index contributed by atoms with van der Waals surface area (Å²) in [6.07, 6.45) is -5.67. The van der Waals surface area contributed by atoms with Crippen LogP contribution in [0, 0.1) is 6.92 Å². The van der Waals surface area contributed by atoms with Gasteiger partial charge in [0.1, 0.15) is 0 Å². The fourth-order valence-corrected chi connectivity index (χ4v) is 2.87. The molecular weight excluding hydrogens is 323 g/mol. The van der Waals surface area contributed by atoms with Crippen molar-refractivity contribution in [3.63, 3.8) is 0 Å². The average molecular weight is 339 g/mol. The van der Waals surface area contributed by atoms with E-state index in [0.29, 0.717) is 5.69 Å². The summed E-state index contributed by atoms with van der Waals surface area (Å²) in [5.41, 5.74) is 1.37. The first-order valence-corrected chi connectivity index (χ1v) is 7.45. The van der Waals surface area contributed by atoms with E-state index in [9.17, 15) is 18.0 Å². The highest BCUT2D eigenvalue weighted by Gasteiger charge is 2.40. The maximum atomic E-state index is 13.2. The van der Waals surface area contributed by atoms with E-state index in [1.54, 1.807) is 0 Å². The third-order valence-corrected chi connectivity index (χ3v) is 4.13. The van der Waals surface area contributed by atoms with Crippen molar-refractivity contribution >= 4 is 6.09 Å². The molecule has 1 amide bonds. The van der Waals surface area contributed by atoms with Crippen LogP contribution in [0.3, 0.4) is 0 Å². The first-order chi connectivity index (χ1) is 11.3. The largest absolute Gasteiger partial charge is 0.465 e. The zero-order valence-electron chi connectivity index (χ0n) is 13.0. The average Bonchev–Trinajstić information content (AvgIpc) is 2.87. The minimum Gasteiger partial charge on any atom is -0.465 e. The minimum absolute atomic E-state index is 0.0182. The molecule has 0 spiro atoms. The minimum atomic E-state index is -4.55. The highest BCUT2D eigenvalue weighted by Crippen LogP contribution is 2.35. The second-order valence-electron chi connectivity index (χ2n) is 5.87. The number of alkyl halides is 3. The van der Waals surface area contributed by atoms with E-state index >= 15 is 0 Å². The highest BCUT2D eigenvalue weighted by atomic mass is 19.4. The molecule has 128 valence electrons. The molecule has 2 heterocycles. The van der Waals surface area contributed by atoms with Crippen LogP contribution in [0.2, 0.25) is 0 Å². The van der Waals surface area contributed by atoms with Crippen LogP contribution in [-0.2, 0) is 25.7 Å². The van der Waals surface area contributed by atoms with Crippen LogP contribution in [0.25, 0.3) is 0 Å². The molecule has 1 aliphatic heterocycles. The number of rotatable bonds is 2. The van der Waals surface area contributed by atoms with Crippen LogP contribution in [0.4, 0.5) is 18.0 Å². The van der Waals surface area contributed by atoms with Gasteiger partial charge >= 0.3 is 12.3 Å². The molecule has 0 bridgehead atoms. The second-order valence-corrected chi connectivity index (χ2v) is 5.87. The molecule has 2 aromatic rings. The molecule has 1 aromatic heterocycles. The number of nitrogens with zero attached hydrogens (tertiary/aromatic N) is 3. The molecule has 5 nitrogen and oxygen atoms in total. The Bertz CT molecular complexity index is 766. The number of aromatic nitrogens is 2. The fourth-order valence-electron chi connectivity index (χ4n) is 2.87. The number of carbonyl (C=O) groups is 1. The zero-order valence-corrected chi connectivity index (χ0v) is 13.0. The monoisotopic (exact) mass is 339 g/mol. The Morgan fingerprint density at radius 3 is 2.54 bits per heavy atom. The van der Waals surface area contributed by atoms with E-state index in [1.165, 1.54) is 4.68 Å². The van der Waals surface area contributed by atoms with Crippen LogP contribution in [0.15, 0.2) is 24.3 Å². The van der Waals surface area contributed by atoms with Gasteiger partial charge in [-0.25, -0.2) is 4.79 Å². The summed E-state index contributed by atoms with van der Waals surface area (Å²) in [5.74, 6) is 0. The first-order valence-electron chi connectivity index (χ1n) is 7.45. The summed E-state index contributed by atoms with van der Waals surface area (Å²) in [7, 11) is 0. The molecule has 8 heteroatoms. The van der Waals surface area contributed by atoms with Gasteiger partial charge in [-0.15, -0.1) is 0 Å². The van der Waals surface area contributed by atoms with Crippen molar-refractivity contribution in [2.45, 2.75) is 32.6 Å². The summed E-state index contributed by atoms with van der Waals surface area (Å²) in [6, 6.07) is 7.40. The highest BCUT2D eigenvalue weighted by molar-refractivity contribution is 5.65. The third-order valence-electron chi connectivity index (χ3n) is 4.13. The maximum Gasteiger partial charge on any atom is 0.435 e. The molecule has 24 heavy (non-hydrogen) atoms. The molecule has 0 saturated heterocycles. The number of benzene rings is 1. The number of hydrogen-bond donors (Lipinski definition) is 1. The van der Waals surface area contributed by atoms with E-state index in [4.69, 9.17) is 5.11 Å². The van der Waals surface area contributed by atoms with Gasteiger partial charge in [-0.05, 0) is 18.9 Å². The van der Waals surface area contributed by atoms with Crippen LogP contribution < -0.4 is 0 Å². The number of halogens is 3. The smallest absolute Gasteiger partial charge is 0.435 e. The van der Waals surface area contributed by atoms with Gasteiger partial charge in [-0.1, -0.05) is 29.8 Å². The van der Waals surface area contributed by atoms with Gasteiger partial charge in [0.2, 0.25) is 0 Å². The van der Waals surface area contributed by atoms with Gasteiger partial charge in [0.25, 0.3) is 0 Å². The molecule has 0 radical (unpaired) electrons. The number of amides is 1. The van der Waals surface area contributed by atoms with Crippen molar-refractivity contribution in [2.24, 2.45) is 0 Å². The topological polar surface area (TPSA) is 58.4 Å². The molecule has 1 aromatic carbocycles. The Labute approximate surface area is 136 Å².